The predicted octanol–water partition coefficient (Wildman–Crippen LogP) is 1.87. The van der Waals surface area contributed by atoms with Crippen molar-refractivity contribution in [2.24, 2.45) is 0 Å². The summed E-state index contributed by atoms with van der Waals surface area (Å²) in [6.07, 6.45) is 7.93. The molecule has 0 saturated carbocycles. The molecule has 4 nitrogen and oxygen atoms in total. The van der Waals surface area contributed by atoms with Gasteiger partial charge in [-0.2, -0.15) is 0 Å². The first-order valence-electron chi connectivity index (χ1n) is 5.20. The van der Waals surface area contributed by atoms with E-state index in [0.29, 0.717) is 12.3 Å². The Balaban J connectivity index is 2.17. The van der Waals surface area contributed by atoms with Gasteiger partial charge in [-0.1, -0.05) is 0 Å². The van der Waals surface area contributed by atoms with Crippen LogP contribution in [-0.2, 0) is 6.54 Å². The number of hydrogen-bond acceptors (Lipinski definition) is 3. The van der Waals surface area contributed by atoms with Crippen LogP contribution in [-0.4, -0.2) is 17.6 Å². The van der Waals surface area contributed by atoms with Crippen molar-refractivity contribution in [2.45, 2.75) is 25.8 Å². The van der Waals surface area contributed by atoms with E-state index in [9.17, 15) is 4.79 Å². The third-order valence-electron chi connectivity index (χ3n) is 2.10. The zero-order valence-corrected chi connectivity index (χ0v) is 9.03. The molecule has 0 unspecified atom stereocenters. The number of hydrogen-bond donors (Lipinski definition) is 2. The zero-order valence-electron chi connectivity index (χ0n) is 9.03. The number of carboxylic acid groups (broad SMARTS) is 1. The zero-order chi connectivity index (χ0) is 11.8. The first kappa shape index (κ1) is 12.3. The maximum atomic E-state index is 10.5. The average molecular weight is 221 g/mol. The third kappa shape index (κ3) is 4.20. The van der Waals surface area contributed by atoms with Crippen molar-refractivity contribution in [1.29, 1.82) is 0 Å². The number of furan rings is 1. The molecule has 86 valence electrons. The fourth-order valence-corrected chi connectivity index (χ4v) is 1.28. The topological polar surface area (TPSA) is 62.5 Å². The molecule has 0 saturated heterocycles. The maximum Gasteiger partial charge on any atom is 0.371 e. The molecular formula is C12H15NO3. The minimum atomic E-state index is -1.04. The first-order valence-corrected chi connectivity index (χ1v) is 5.20. The summed E-state index contributed by atoms with van der Waals surface area (Å²) in [6.45, 7) is 1.40. The number of carboxylic acids is 1. The minimum absolute atomic E-state index is 0.0240. The van der Waals surface area contributed by atoms with Crippen molar-refractivity contribution >= 4 is 5.97 Å². The molecule has 16 heavy (non-hydrogen) atoms. The fraction of sp³-hybridized carbons (Fsp3) is 0.417. The molecule has 2 N–H and O–H groups in total. The normalized spacial score (nSPS) is 9.94. The van der Waals surface area contributed by atoms with Gasteiger partial charge in [0, 0.05) is 6.42 Å². The van der Waals surface area contributed by atoms with Crippen molar-refractivity contribution < 1.29 is 14.3 Å². The molecule has 1 rings (SSSR count). The van der Waals surface area contributed by atoms with Gasteiger partial charge in [-0.15, -0.1) is 12.3 Å². The van der Waals surface area contributed by atoms with Gasteiger partial charge in [0.25, 0.3) is 0 Å². The van der Waals surface area contributed by atoms with Crippen molar-refractivity contribution in [2.75, 3.05) is 6.54 Å². The van der Waals surface area contributed by atoms with Gasteiger partial charge in [-0.3, -0.25) is 0 Å². The van der Waals surface area contributed by atoms with Gasteiger partial charge in [-0.05, 0) is 31.5 Å². The molecule has 0 bridgehead atoms. The highest BCUT2D eigenvalue weighted by Gasteiger charge is 2.07. The van der Waals surface area contributed by atoms with Crippen LogP contribution in [0.1, 0.15) is 35.6 Å². The van der Waals surface area contributed by atoms with Crippen molar-refractivity contribution in [1.82, 2.24) is 5.32 Å². The van der Waals surface area contributed by atoms with Gasteiger partial charge < -0.3 is 14.8 Å². The molecule has 0 aliphatic heterocycles. The molecule has 0 aromatic carbocycles. The maximum absolute atomic E-state index is 10.5. The van der Waals surface area contributed by atoms with Crippen LogP contribution < -0.4 is 5.32 Å². The van der Waals surface area contributed by atoms with E-state index in [-0.39, 0.29) is 5.76 Å². The number of nitrogens with one attached hydrogen (secondary N) is 1. The second-order valence-electron chi connectivity index (χ2n) is 3.41. The molecule has 1 aromatic rings. The molecule has 0 atom stereocenters. The van der Waals surface area contributed by atoms with E-state index in [0.717, 1.165) is 25.8 Å². The summed E-state index contributed by atoms with van der Waals surface area (Å²) in [7, 11) is 0. The van der Waals surface area contributed by atoms with E-state index < -0.39 is 5.97 Å². The highest BCUT2D eigenvalue weighted by Crippen LogP contribution is 2.07. The van der Waals surface area contributed by atoms with Crippen molar-refractivity contribution in [3.63, 3.8) is 0 Å². The smallest absolute Gasteiger partial charge is 0.371 e. The van der Waals surface area contributed by atoms with E-state index >= 15 is 0 Å². The van der Waals surface area contributed by atoms with Crippen LogP contribution in [0.2, 0.25) is 0 Å². The van der Waals surface area contributed by atoms with E-state index in [1.54, 1.807) is 6.07 Å². The highest BCUT2D eigenvalue weighted by molar-refractivity contribution is 5.84. The second kappa shape index (κ2) is 6.70. The van der Waals surface area contributed by atoms with Gasteiger partial charge in [0.05, 0.1) is 6.54 Å². The van der Waals surface area contributed by atoms with E-state index in [1.807, 2.05) is 0 Å². The summed E-state index contributed by atoms with van der Waals surface area (Å²) in [5, 5.41) is 11.8. The number of carbonyl (C=O) groups is 1. The Bertz CT molecular complexity index is 376. The Labute approximate surface area is 94.7 Å². The number of terminal acetylenes is 1. The van der Waals surface area contributed by atoms with E-state index in [2.05, 4.69) is 11.2 Å². The highest BCUT2D eigenvalue weighted by atomic mass is 16.4. The molecule has 1 aromatic heterocycles. The molecule has 0 fully saturated rings. The summed E-state index contributed by atoms with van der Waals surface area (Å²) in [6, 6.07) is 3.12. The molecule has 0 radical (unpaired) electrons. The lowest BCUT2D eigenvalue weighted by molar-refractivity contribution is 0.0660. The van der Waals surface area contributed by atoms with E-state index in [1.165, 1.54) is 6.07 Å². The van der Waals surface area contributed by atoms with Gasteiger partial charge in [0.1, 0.15) is 5.76 Å². The standard InChI is InChI=1S/C12H15NO3/c1-2-3-4-5-8-13-9-10-6-7-11(16-10)12(14)15/h1,6-7,13H,3-5,8-9H2,(H,14,15). The number of rotatable bonds is 7. The van der Waals surface area contributed by atoms with E-state index in [4.69, 9.17) is 15.9 Å². The van der Waals surface area contributed by atoms with Crippen LogP contribution in [0, 0.1) is 12.3 Å². The lowest BCUT2D eigenvalue weighted by atomic mass is 10.2. The Morgan fingerprint density at radius 3 is 2.94 bits per heavy atom. The van der Waals surface area contributed by atoms with Crippen LogP contribution in [0.4, 0.5) is 0 Å². The predicted molar refractivity (Wildman–Crippen MR) is 60.1 cm³/mol. The van der Waals surface area contributed by atoms with Crippen LogP contribution >= 0.6 is 0 Å². The van der Waals surface area contributed by atoms with Gasteiger partial charge in [0.15, 0.2) is 0 Å². The molecule has 0 aliphatic carbocycles. The Morgan fingerprint density at radius 2 is 2.31 bits per heavy atom. The molecule has 0 spiro atoms. The lowest BCUT2D eigenvalue weighted by Crippen LogP contribution is -2.14. The molecule has 4 heteroatoms. The van der Waals surface area contributed by atoms with Crippen LogP contribution in [0.25, 0.3) is 0 Å². The Hall–Kier alpha value is -1.73. The fourth-order valence-electron chi connectivity index (χ4n) is 1.28. The summed E-state index contributed by atoms with van der Waals surface area (Å²) in [4.78, 5) is 10.5. The molecule has 1 heterocycles. The largest absolute Gasteiger partial charge is 0.475 e. The number of aromatic carboxylic acids is 1. The summed E-state index contributed by atoms with van der Waals surface area (Å²) >= 11 is 0. The Kier molecular flexibility index (Phi) is 5.17. The molecule has 0 aliphatic rings. The quantitative estimate of drug-likeness (QED) is 0.545. The monoisotopic (exact) mass is 221 g/mol. The minimum Gasteiger partial charge on any atom is -0.475 e. The van der Waals surface area contributed by atoms with Crippen LogP contribution in [0.5, 0.6) is 0 Å². The third-order valence-corrected chi connectivity index (χ3v) is 2.10. The second-order valence-corrected chi connectivity index (χ2v) is 3.41. The SMILES string of the molecule is C#CCCCCNCc1ccc(C(=O)O)o1. The summed E-state index contributed by atoms with van der Waals surface area (Å²) < 4.78 is 5.08. The summed E-state index contributed by atoms with van der Waals surface area (Å²) in [5.41, 5.74) is 0. The molecule has 0 amide bonds. The van der Waals surface area contributed by atoms with Gasteiger partial charge in [-0.25, -0.2) is 4.79 Å². The van der Waals surface area contributed by atoms with Crippen molar-refractivity contribution in [3.8, 4) is 12.3 Å². The average Bonchev–Trinajstić information content (AvgIpc) is 2.72. The summed E-state index contributed by atoms with van der Waals surface area (Å²) in [5.74, 6) is 2.15. The first-order chi connectivity index (χ1) is 7.74. The lowest BCUT2D eigenvalue weighted by Gasteiger charge is -2.00. The van der Waals surface area contributed by atoms with Crippen LogP contribution in [0.3, 0.4) is 0 Å². The van der Waals surface area contributed by atoms with Gasteiger partial charge >= 0.3 is 5.97 Å². The van der Waals surface area contributed by atoms with Gasteiger partial charge in [0.2, 0.25) is 5.76 Å². The number of unbranched alkanes of at least 4 members (excludes halogenated alkanes) is 2. The van der Waals surface area contributed by atoms with Crippen LogP contribution in [0.15, 0.2) is 16.5 Å². The molecular weight excluding hydrogens is 206 g/mol. The Morgan fingerprint density at radius 1 is 1.50 bits per heavy atom. The van der Waals surface area contributed by atoms with Crippen molar-refractivity contribution in [3.05, 3.63) is 23.7 Å².